The van der Waals surface area contributed by atoms with Crippen molar-refractivity contribution in [2.75, 3.05) is 13.2 Å². The highest BCUT2D eigenvalue weighted by Crippen LogP contribution is 2.13. The summed E-state index contributed by atoms with van der Waals surface area (Å²) in [5.74, 6) is -0.927. The number of hydrogen-bond acceptors (Lipinski definition) is 6. The summed E-state index contributed by atoms with van der Waals surface area (Å²) in [6.07, 6.45) is 56.2. The van der Waals surface area contributed by atoms with Crippen molar-refractivity contribution >= 4 is 17.9 Å². The van der Waals surface area contributed by atoms with E-state index in [4.69, 9.17) is 14.2 Å². The second-order valence-electron chi connectivity index (χ2n) is 16.0. The highest BCUT2D eigenvalue weighted by atomic mass is 16.6. The first-order valence-electron chi connectivity index (χ1n) is 24.3. The van der Waals surface area contributed by atoms with Gasteiger partial charge in [0.1, 0.15) is 13.2 Å². The van der Waals surface area contributed by atoms with Crippen LogP contribution in [0.4, 0.5) is 0 Å². The number of rotatable bonds is 43. The van der Waals surface area contributed by atoms with Crippen molar-refractivity contribution in [1.29, 1.82) is 0 Å². The zero-order valence-electron chi connectivity index (χ0n) is 38.0. The van der Waals surface area contributed by atoms with Crippen LogP contribution >= 0.6 is 0 Å². The molecule has 0 bridgehead atoms. The zero-order valence-corrected chi connectivity index (χ0v) is 38.0. The summed E-state index contributed by atoms with van der Waals surface area (Å²) < 4.78 is 16.7. The number of carbonyl (C=O) groups excluding carboxylic acids is 3. The molecular weight excluding hydrogens is 721 g/mol. The third-order valence-corrected chi connectivity index (χ3v) is 10.2. The molecule has 0 saturated carbocycles. The fourth-order valence-electron chi connectivity index (χ4n) is 6.51. The number of carbonyl (C=O) groups is 3. The van der Waals surface area contributed by atoms with Gasteiger partial charge in [-0.2, -0.15) is 0 Å². The Balaban J connectivity index is 4.43. The maximum Gasteiger partial charge on any atom is 0.306 e. The summed E-state index contributed by atoms with van der Waals surface area (Å²) in [7, 11) is 0. The van der Waals surface area contributed by atoms with Gasteiger partial charge in [-0.15, -0.1) is 0 Å². The maximum absolute atomic E-state index is 12.7. The largest absolute Gasteiger partial charge is 0.462 e. The predicted octanol–water partition coefficient (Wildman–Crippen LogP) is 15.7. The minimum absolute atomic E-state index is 0.0891. The summed E-state index contributed by atoms with van der Waals surface area (Å²) in [5, 5.41) is 0. The smallest absolute Gasteiger partial charge is 0.306 e. The molecule has 0 aromatic heterocycles. The summed E-state index contributed by atoms with van der Waals surface area (Å²) in [6.45, 7) is 6.46. The highest BCUT2D eigenvalue weighted by molar-refractivity contribution is 5.71. The van der Waals surface area contributed by atoms with Gasteiger partial charge in [0.15, 0.2) is 6.10 Å². The van der Waals surface area contributed by atoms with E-state index >= 15 is 0 Å². The molecule has 0 spiro atoms. The topological polar surface area (TPSA) is 78.9 Å². The van der Waals surface area contributed by atoms with Crippen LogP contribution in [0.3, 0.4) is 0 Å². The SMILES string of the molecule is CCC/C=C\C/C=C\CCCCCCCC(=O)OCC(COC(=O)CCCCCCC/C=C\CCCCCCC)OC(=O)CCCCCCC/C=C\C/C=C\CCC. The van der Waals surface area contributed by atoms with Crippen LogP contribution in [0.2, 0.25) is 0 Å². The van der Waals surface area contributed by atoms with E-state index in [-0.39, 0.29) is 31.1 Å². The first-order chi connectivity index (χ1) is 28.5. The average Bonchev–Trinajstić information content (AvgIpc) is 3.22. The van der Waals surface area contributed by atoms with Crippen LogP contribution in [0.5, 0.6) is 0 Å². The number of unbranched alkanes of at least 4 members (excludes halogenated alkanes) is 22. The van der Waals surface area contributed by atoms with E-state index in [1.807, 2.05) is 0 Å². The summed E-state index contributed by atoms with van der Waals surface area (Å²) in [4.78, 5) is 37.8. The lowest BCUT2D eigenvalue weighted by molar-refractivity contribution is -0.167. The van der Waals surface area contributed by atoms with Gasteiger partial charge in [-0.1, -0.05) is 178 Å². The van der Waals surface area contributed by atoms with E-state index in [1.165, 1.54) is 64.2 Å². The molecule has 0 rings (SSSR count). The third-order valence-electron chi connectivity index (χ3n) is 10.2. The fourth-order valence-corrected chi connectivity index (χ4v) is 6.51. The molecule has 58 heavy (non-hydrogen) atoms. The Labute approximate surface area is 358 Å². The molecule has 0 amide bonds. The minimum Gasteiger partial charge on any atom is -0.462 e. The monoisotopic (exact) mass is 811 g/mol. The molecule has 0 saturated heterocycles. The maximum atomic E-state index is 12.7. The van der Waals surface area contributed by atoms with Crippen LogP contribution < -0.4 is 0 Å². The van der Waals surface area contributed by atoms with Crippen LogP contribution in [-0.2, 0) is 28.6 Å². The number of allylic oxidation sites excluding steroid dienone is 10. The molecule has 0 heterocycles. The molecule has 1 unspecified atom stereocenters. The molecule has 0 aromatic carbocycles. The molecule has 0 fully saturated rings. The van der Waals surface area contributed by atoms with Gasteiger partial charge in [-0.3, -0.25) is 14.4 Å². The van der Waals surface area contributed by atoms with Crippen molar-refractivity contribution in [1.82, 2.24) is 0 Å². The van der Waals surface area contributed by atoms with Gasteiger partial charge in [0.25, 0.3) is 0 Å². The highest BCUT2D eigenvalue weighted by Gasteiger charge is 2.19. The Hall–Kier alpha value is -2.89. The first kappa shape index (κ1) is 55.1. The molecule has 334 valence electrons. The van der Waals surface area contributed by atoms with Gasteiger partial charge in [0.05, 0.1) is 0 Å². The van der Waals surface area contributed by atoms with Crippen molar-refractivity contribution < 1.29 is 28.6 Å². The minimum atomic E-state index is -0.788. The first-order valence-corrected chi connectivity index (χ1v) is 24.3. The molecular formula is C52H90O6. The van der Waals surface area contributed by atoms with E-state index < -0.39 is 6.10 Å². The Morgan fingerprint density at radius 1 is 0.345 bits per heavy atom. The van der Waals surface area contributed by atoms with Gasteiger partial charge >= 0.3 is 17.9 Å². The van der Waals surface area contributed by atoms with E-state index in [2.05, 4.69) is 81.5 Å². The average molecular weight is 811 g/mol. The van der Waals surface area contributed by atoms with Gasteiger partial charge in [-0.05, 0) is 96.3 Å². The van der Waals surface area contributed by atoms with Crippen LogP contribution in [-0.4, -0.2) is 37.2 Å². The predicted molar refractivity (Wildman–Crippen MR) is 247 cm³/mol. The van der Waals surface area contributed by atoms with Crippen LogP contribution in [0.25, 0.3) is 0 Å². The number of esters is 3. The van der Waals surface area contributed by atoms with Crippen molar-refractivity contribution in [2.24, 2.45) is 0 Å². The van der Waals surface area contributed by atoms with Crippen LogP contribution in [0.1, 0.15) is 233 Å². The van der Waals surface area contributed by atoms with Crippen LogP contribution in [0, 0.1) is 0 Å². The summed E-state index contributed by atoms with van der Waals surface area (Å²) in [6, 6.07) is 0. The van der Waals surface area contributed by atoms with Crippen molar-refractivity contribution in [3.8, 4) is 0 Å². The van der Waals surface area contributed by atoms with Crippen molar-refractivity contribution in [3.63, 3.8) is 0 Å². The quantitative estimate of drug-likeness (QED) is 0.0264. The lowest BCUT2D eigenvalue weighted by Gasteiger charge is -2.18. The van der Waals surface area contributed by atoms with Gasteiger partial charge < -0.3 is 14.2 Å². The Kier molecular flexibility index (Phi) is 44.5. The third kappa shape index (κ3) is 44.2. The lowest BCUT2D eigenvalue weighted by atomic mass is 10.1. The second kappa shape index (κ2) is 46.8. The van der Waals surface area contributed by atoms with E-state index in [9.17, 15) is 14.4 Å². The molecule has 0 N–H and O–H groups in total. The van der Waals surface area contributed by atoms with Gasteiger partial charge in [0.2, 0.25) is 0 Å². The van der Waals surface area contributed by atoms with E-state index in [0.29, 0.717) is 19.3 Å². The summed E-state index contributed by atoms with van der Waals surface area (Å²) in [5.41, 5.74) is 0. The summed E-state index contributed by atoms with van der Waals surface area (Å²) >= 11 is 0. The molecule has 0 aliphatic heterocycles. The number of hydrogen-bond donors (Lipinski definition) is 0. The molecule has 1 atom stereocenters. The van der Waals surface area contributed by atoms with Crippen molar-refractivity contribution in [3.05, 3.63) is 60.8 Å². The molecule has 0 aliphatic rings. The Bertz CT molecular complexity index is 1070. The zero-order chi connectivity index (χ0) is 42.3. The van der Waals surface area contributed by atoms with Crippen LogP contribution in [0.15, 0.2) is 60.8 Å². The van der Waals surface area contributed by atoms with E-state index in [0.717, 1.165) is 128 Å². The molecule has 6 nitrogen and oxygen atoms in total. The molecule has 0 aliphatic carbocycles. The standard InChI is InChI=1S/C52H90O6/c1-4-7-10-13-16-19-22-25-28-30-33-36-39-42-45-51(54)57-48-49(58-52(55)46-43-40-37-34-31-27-24-21-18-15-12-9-6-3)47-56-50(53)44-41-38-35-32-29-26-23-20-17-14-11-8-5-2/h11-12,14-15,20-25,49H,4-10,13,16-19,26-48H2,1-3H3/b14-11-,15-12-,23-20-,24-21-,25-22-. The number of ether oxygens (including phenoxy) is 3. The normalized spacial score (nSPS) is 12.5. The second-order valence-corrected chi connectivity index (χ2v) is 16.0. The van der Waals surface area contributed by atoms with Crippen molar-refractivity contribution in [2.45, 2.75) is 239 Å². The fraction of sp³-hybridized carbons (Fsp3) is 0.750. The van der Waals surface area contributed by atoms with Gasteiger partial charge in [-0.25, -0.2) is 0 Å². The Morgan fingerprint density at radius 2 is 0.655 bits per heavy atom. The van der Waals surface area contributed by atoms with Gasteiger partial charge in [0, 0.05) is 19.3 Å². The lowest BCUT2D eigenvalue weighted by Crippen LogP contribution is -2.30. The molecule has 0 radical (unpaired) electrons. The van der Waals surface area contributed by atoms with E-state index in [1.54, 1.807) is 0 Å². The Morgan fingerprint density at radius 3 is 1.03 bits per heavy atom. The molecule has 6 heteroatoms. The molecule has 0 aromatic rings.